The Hall–Kier alpha value is -2.79. The van der Waals surface area contributed by atoms with Crippen LogP contribution in [-0.4, -0.2) is 23.3 Å². The number of aromatic hydroxyl groups is 1. The molecule has 0 radical (unpaired) electrons. The van der Waals surface area contributed by atoms with Crippen LogP contribution in [0.4, 0.5) is 0 Å². The molecule has 5 heteroatoms. The summed E-state index contributed by atoms with van der Waals surface area (Å²) in [5, 5.41) is 23.7. The lowest BCUT2D eigenvalue weighted by molar-refractivity contribution is -0.132. The van der Waals surface area contributed by atoms with Crippen LogP contribution in [0.1, 0.15) is 22.9 Å². The van der Waals surface area contributed by atoms with Gasteiger partial charge in [-0.1, -0.05) is 31.2 Å². The third-order valence-electron chi connectivity index (χ3n) is 4.37. The van der Waals surface area contributed by atoms with Crippen LogP contribution in [0.15, 0.2) is 47.4 Å². The number of carboxylic acids is 1. The third-order valence-corrected chi connectivity index (χ3v) is 5.24. The van der Waals surface area contributed by atoms with Crippen molar-refractivity contribution in [3.05, 3.63) is 63.4 Å². The fourth-order valence-electron chi connectivity index (χ4n) is 3.08. The molecule has 0 fully saturated rings. The van der Waals surface area contributed by atoms with E-state index in [1.54, 1.807) is 12.1 Å². The van der Waals surface area contributed by atoms with Crippen molar-refractivity contribution in [2.75, 3.05) is 7.11 Å². The first kappa shape index (κ1) is 18.0. The second-order valence-electron chi connectivity index (χ2n) is 5.94. The molecule has 0 aliphatic carbocycles. The average Bonchev–Trinajstić information content (AvgIpc) is 3.15. The Labute approximate surface area is 156 Å². The predicted octanol–water partition coefficient (Wildman–Crippen LogP) is 4.89. The van der Waals surface area contributed by atoms with Gasteiger partial charge in [0.2, 0.25) is 0 Å². The number of hydrogen-bond acceptors (Lipinski definition) is 4. The Morgan fingerprint density at radius 1 is 1.27 bits per heavy atom. The number of fused-ring (bicyclic) bond motifs is 1. The first-order chi connectivity index (χ1) is 12.5. The third kappa shape index (κ3) is 3.44. The number of methoxy groups -OCH3 is 1. The first-order valence-corrected chi connectivity index (χ1v) is 9.21. The van der Waals surface area contributed by atoms with E-state index in [1.165, 1.54) is 18.4 Å². The summed E-state index contributed by atoms with van der Waals surface area (Å²) < 4.78 is 5.32. The Balaban J connectivity index is 2.22. The zero-order chi connectivity index (χ0) is 18.7. The summed E-state index contributed by atoms with van der Waals surface area (Å²) in [6, 6.07) is 11.3. The summed E-state index contributed by atoms with van der Waals surface area (Å²) in [4.78, 5) is 12.8. The molecule has 2 aromatic carbocycles. The van der Waals surface area contributed by atoms with E-state index in [4.69, 9.17) is 4.74 Å². The van der Waals surface area contributed by atoms with Gasteiger partial charge < -0.3 is 14.9 Å². The molecule has 0 saturated heterocycles. The number of rotatable bonds is 6. The van der Waals surface area contributed by atoms with Gasteiger partial charge in [-0.2, -0.15) is 0 Å². The highest BCUT2D eigenvalue weighted by atomic mass is 32.1. The largest absolute Gasteiger partial charge is 0.504 e. The summed E-state index contributed by atoms with van der Waals surface area (Å²) in [5.74, 6) is -0.525. The molecule has 0 amide bonds. The molecule has 0 atom stereocenters. The van der Waals surface area contributed by atoms with Crippen molar-refractivity contribution >= 4 is 34.2 Å². The monoisotopic (exact) mass is 368 g/mol. The van der Waals surface area contributed by atoms with Crippen molar-refractivity contribution in [2.45, 2.75) is 19.8 Å². The highest BCUT2D eigenvalue weighted by Crippen LogP contribution is 2.40. The maximum absolute atomic E-state index is 11.8. The molecule has 1 aromatic heterocycles. The predicted molar refractivity (Wildman–Crippen MR) is 105 cm³/mol. The number of benzene rings is 2. The van der Waals surface area contributed by atoms with Gasteiger partial charge in [0.25, 0.3) is 0 Å². The molecule has 134 valence electrons. The Bertz CT molecular complexity index is 971. The van der Waals surface area contributed by atoms with E-state index in [0.717, 1.165) is 27.8 Å². The highest BCUT2D eigenvalue weighted by Gasteiger charge is 2.16. The summed E-state index contributed by atoms with van der Waals surface area (Å²) in [7, 11) is 1.49. The van der Waals surface area contributed by atoms with E-state index < -0.39 is 5.97 Å². The molecule has 0 aliphatic rings. The maximum atomic E-state index is 11.8. The molecule has 0 aliphatic heterocycles. The Morgan fingerprint density at radius 2 is 2.08 bits per heavy atom. The SMILES string of the molecule is CCc1cccc2c(/C=C(\Cc3cccs3)C(=O)O)cc(OC)c(O)c12. The van der Waals surface area contributed by atoms with Crippen LogP contribution >= 0.6 is 11.3 Å². The minimum Gasteiger partial charge on any atom is -0.504 e. The molecule has 0 bridgehead atoms. The molecule has 26 heavy (non-hydrogen) atoms. The average molecular weight is 368 g/mol. The second kappa shape index (κ2) is 7.62. The molecule has 0 saturated carbocycles. The highest BCUT2D eigenvalue weighted by molar-refractivity contribution is 7.09. The van der Waals surface area contributed by atoms with Crippen LogP contribution in [0.3, 0.4) is 0 Å². The van der Waals surface area contributed by atoms with E-state index >= 15 is 0 Å². The van der Waals surface area contributed by atoms with E-state index in [0.29, 0.717) is 23.1 Å². The van der Waals surface area contributed by atoms with Gasteiger partial charge in [0.15, 0.2) is 11.5 Å². The minimum atomic E-state index is -0.953. The van der Waals surface area contributed by atoms with Gasteiger partial charge in [-0.05, 0) is 46.5 Å². The number of thiophene rings is 1. The quantitative estimate of drug-likeness (QED) is 0.608. The lowest BCUT2D eigenvalue weighted by Gasteiger charge is -2.14. The molecule has 4 nitrogen and oxygen atoms in total. The van der Waals surface area contributed by atoms with Crippen LogP contribution in [0.2, 0.25) is 0 Å². The second-order valence-corrected chi connectivity index (χ2v) is 6.97. The van der Waals surface area contributed by atoms with Crippen LogP contribution in [0.25, 0.3) is 16.8 Å². The summed E-state index contributed by atoms with van der Waals surface area (Å²) in [6.45, 7) is 2.02. The molecule has 1 heterocycles. The summed E-state index contributed by atoms with van der Waals surface area (Å²) in [6.07, 6.45) is 2.78. The van der Waals surface area contributed by atoms with E-state index in [2.05, 4.69) is 0 Å². The van der Waals surface area contributed by atoms with Crippen molar-refractivity contribution in [3.8, 4) is 11.5 Å². The first-order valence-electron chi connectivity index (χ1n) is 8.33. The van der Waals surface area contributed by atoms with Gasteiger partial charge in [-0.25, -0.2) is 4.79 Å². The van der Waals surface area contributed by atoms with Crippen molar-refractivity contribution in [2.24, 2.45) is 0 Å². The fraction of sp³-hybridized carbons (Fsp3) is 0.190. The normalized spacial score (nSPS) is 11.7. The van der Waals surface area contributed by atoms with Gasteiger partial charge >= 0.3 is 5.97 Å². The molecular formula is C21H20O4S. The van der Waals surface area contributed by atoms with Crippen molar-refractivity contribution in [1.82, 2.24) is 0 Å². The molecule has 0 spiro atoms. The standard InChI is InChI=1S/C21H20O4S/c1-3-13-6-4-8-17-14(12-18(25-2)20(22)19(13)17)10-15(21(23)24)11-16-7-5-9-26-16/h4-10,12,22H,3,11H2,1-2H3,(H,23,24)/b15-10+. The molecule has 2 N–H and O–H groups in total. The zero-order valence-electron chi connectivity index (χ0n) is 14.7. The molecular weight excluding hydrogens is 348 g/mol. The van der Waals surface area contributed by atoms with Crippen LogP contribution in [-0.2, 0) is 17.6 Å². The smallest absolute Gasteiger partial charge is 0.331 e. The topological polar surface area (TPSA) is 66.8 Å². The van der Waals surface area contributed by atoms with Gasteiger partial charge in [-0.15, -0.1) is 11.3 Å². The van der Waals surface area contributed by atoms with Gasteiger partial charge in [-0.3, -0.25) is 0 Å². The fourth-order valence-corrected chi connectivity index (χ4v) is 3.81. The number of aliphatic carboxylic acids is 1. The van der Waals surface area contributed by atoms with E-state index in [-0.39, 0.29) is 5.75 Å². The molecule has 3 aromatic rings. The van der Waals surface area contributed by atoms with E-state index in [9.17, 15) is 15.0 Å². The van der Waals surface area contributed by atoms with Gasteiger partial charge in [0.05, 0.1) is 7.11 Å². The maximum Gasteiger partial charge on any atom is 0.331 e. The number of carbonyl (C=O) groups is 1. The van der Waals surface area contributed by atoms with Crippen LogP contribution < -0.4 is 4.74 Å². The number of phenolic OH excluding ortho intramolecular Hbond substituents is 1. The number of carboxylic acid groups (broad SMARTS) is 1. The number of aryl methyl sites for hydroxylation is 1. The molecule has 0 unspecified atom stereocenters. The Kier molecular flexibility index (Phi) is 5.28. The van der Waals surface area contributed by atoms with Crippen molar-refractivity contribution in [1.29, 1.82) is 0 Å². The van der Waals surface area contributed by atoms with Gasteiger partial charge in [0.1, 0.15) is 0 Å². The van der Waals surface area contributed by atoms with Gasteiger partial charge in [0, 0.05) is 22.3 Å². The summed E-state index contributed by atoms with van der Waals surface area (Å²) >= 11 is 1.53. The zero-order valence-corrected chi connectivity index (χ0v) is 15.5. The van der Waals surface area contributed by atoms with Crippen molar-refractivity contribution in [3.63, 3.8) is 0 Å². The Morgan fingerprint density at radius 3 is 2.69 bits per heavy atom. The number of ether oxygens (including phenoxy) is 1. The lowest BCUT2D eigenvalue weighted by atomic mass is 9.95. The van der Waals surface area contributed by atoms with Crippen molar-refractivity contribution < 1.29 is 19.7 Å². The summed E-state index contributed by atoms with van der Waals surface area (Å²) in [5.41, 5.74) is 2.01. The van der Waals surface area contributed by atoms with Crippen LogP contribution in [0.5, 0.6) is 11.5 Å². The number of hydrogen-bond donors (Lipinski definition) is 2. The lowest BCUT2D eigenvalue weighted by Crippen LogP contribution is -2.03. The number of phenols is 1. The minimum absolute atomic E-state index is 0.0900. The van der Waals surface area contributed by atoms with E-state index in [1.807, 2.05) is 42.6 Å². The molecule has 3 rings (SSSR count). The van der Waals surface area contributed by atoms with Crippen LogP contribution in [0, 0.1) is 0 Å².